The van der Waals surface area contributed by atoms with Gasteiger partial charge in [-0.25, -0.2) is 0 Å². The third kappa shape index (κ3) is 4.69. The fraction of sp³-hybridized carbons (Fsp3) is 0.424. The second-order valence-electron chi connectivity index (χ2n) is 11.6. The number of esters is 1. The highest BCUT2D eigenvalue weighted by Gasteiger charge is 2.75. The summed E-state index contributed by atoms with van der Waals surface area (Å²) in [5, 5.41) is 10.6. The number of fused-ring (bicyclic) bond motifs is 2. The lowest BCUT2D eigenvalue weighted by Gasteiger charge is -2.40. The Labute approximate surface area is 240 Å². The van der Waals surface area contributed by atoms with E-state index in [0.717, 1.165) is 11.1 Å². The number of allylic oxidation sites excluding steroid dienone is 1. The van der Waals surface area contributed by atoms with Crippen molar-refractivity contribution in [2.24, 2.45) is 11.8 Å². The molecule has 4 aliphatic rings. The van der Waals surface area contributed by atoms with E-state index in [4.69, 9.17) is 9.47 Å². The van der Waals surface area contributed by atoms with Crippen molar-refractivity contribution >= 4 is 17.8 Å². The highest BCUT2D eigenvalue weighted by Crippen LogP contribution is 2.57. The number of rotatable bonds is 6. The van der Waals surface area contributed by atoms with Crippen molar-refractivity contribution in [1.29, 1.82) is 0 Å². The molecule has 1 spiro atoms. The molecule has 6 atom stereocenters. The van der Waals surface area contributed by atoms with E-state index in [9.17, 15) is 19.5 Å². The minimum Gasteiger partial charge on any atom is -0.465 e. The van der Waals surface area contributed by atoms with Crippen LogP contribution < -0.4 is 0 Å². The van der Waals surface area contributed by atoms with E-state index in [1.807, 2.05) is 85.0 Å². The molecule has 0 aromatic heterocycles. The maximum Gasteiger partial charge on any atom is 0.313 e. The van der Waals surface area contributed by atoms with Crippen molar-refractivity contribution in [3.8, 4) is 0 Å². The van der Waals surface area contributed by atoms with Crippen LogP contribution in [0.4, 0.5) is 0 Å². The van der Waals surface area contributed by atoms with Crippen molar-refractivity contribution in [2.75, 3.05) is 19.8 Å². The first-order chi connectivity index (χ1) is 19.9. The molecule has 8 nitrogen and oxygen atoms in total. The average Bonchev–Trinajstić information content (AvgIpc) is 3.34. The topological polar surface area (TPSA) is 96.4 Å². The Bertz CT molecular complexity index is 1360. The van der Waals surface area contributed by atoms with Gasteiger partial charge in [0, 0.05) is 13.1 Å². The molecule has 2 fully saturated rings. The molecular formula is C33H36N2O6. The third-order valence-corrected chi connectivity index (χ3v) is 8.91. The van der Waals surface area contributed by atoms with Crippen LogP contribution in [0.3, 0.4) is 0 Å². The first-order valence-corrected chi connectivity index (χ1v) is 14.4. The summed E-state index contributed by atoms with van der Waals surface area (Å²) >= 11 is 0. The van der Waals surface area contributed by atoms with E-state index in [0.29, 0.717) is 32.4 Å². The van der Waals surface area contributed by atoms with Crippen LogP contribution in [0.25, 0.3) is 0 Å². The third-order valence-electron chi connectivity index (χ3n) is 8.91. The summed E-state index contributed by atoms with van der Waals surface area (Å²) in [6.07, 6.45) is 9.28. The molecule has 0 saturated carbocycles. The number of hydrogen-bond donors (Lipinski definition) is 1. The van der Waals surface area contributed by atoms with Crippen molar-refractivity contribution in [2.45, 2.75) is 56.0 Å². The van der Waals surface area contributed by atoms with Gasteiger partial charge in [0.05, 0.1) is 30.8 Å². The fourth-order valence-electron chi connectivity index (χ4n) is 7.10. The quantitative estimate of drug-likeness (QED) is 0.434. The molecule has 8 heteroatoms. The molecule has 0 aliphatic carbocycles. The van der Waals surface area contributed by atoms with E-state index in [2.05, 4.69) is 0 Å². The second-order valence-corrected chi connectivity index (χ2v) is 11.6. The van der Waals surface area contributed by atoms with Crippen LogP contribution in [0.1, 0.15) is 30.9 Å². The zero-order valence-corrected chi connectivity index (χ0v) is 23.2. The molecule has 2 saturated heterocycles. The highest BCUT2D eigenvalue weighted by molar-refractivity contribution is 5.99. The zero-order valence-electron chi connectivity index (χ0n) is 23.2. The van der Waals surface area contributed by atoms with Gasteiger partial charge < -0.3 is 24.4 Å². The number of likely N-dealkylation sites (tertiary alicyclic amines) is 1. The molecular weight excluding hydrogens is 520 g/mol. The largest absolute Gasteiger partial charge is 0.465 e. The number of aliphatic hydroxyl groups is 1. The number of amides is 2. The maximum absolute atomic E-state index is 14.6. The van der Waals surface area contributed by atoms with Crippen LogP contribution >= 0.6 is 0 Å². The van der Waals surface area contributed by atoms with E-state index < -0.39 is 41.1 Å². The lowest BCUT2D eigenvalue weighted by molar-refractivity contribution is -0.161. The van der Waals surface area contributed by atoms with Crippen molar-refractivity contribution < 1.29 is 29.0 Å². The number of benzene rings is 2. The molecule has 214 valence electrons. The van der Waals surface area contributed by atoms with E-state index in [1.54, 1.807) is 11.8 Å². The highest BCUT2D eigenvalue weighted by atomic mass is 16.6. The molecule has 4 heterocycles. The van der Waals surface area contributed by atoms with Gasteiger partial charge in [0.25, 0.3) is 0 Å². The fourth-order valence-corrected chi connectivity index (χ4v) is 7.10. The van der Waals surface area contributed by atoms with Crippen LogP contribution in [-0.4, -0.2) is 75.7 Å². The normalized spacial score (nSPS) is 32.6. The van der Waals surface area contributed by atoms with Gasteiger partial charge in [0.1, 0.15) is 17.6 Å². The Morgan fingerprint density at radius 3 is 2.34 bits per heavy atom. The minimum atomic E-state index is -1.40. The number of cyclic esters (lactones) is 1. The second kappa shape index (κ2) is 10.9. The first kappa shape index (κ1) is 27.4. The molecule has 2 aromatic carbocycles. The van der Waals surface area contributed by atoms with Gasteiger partial charge in [-0.3, -0.25) is 14.4 Å². The summed E-state index contributed by atoms with van der Waals surface area (Å²) in [4.78, 5) is 46.0. The Balaban J connectivity index is 1.46. The SMILES string of the molecule is C[C@]12/C=C\CCCOC(=O)[C@H]1[C@H]1C(=O)N([C@@H](CO)Cc3ccccc3)C3C(=O)N(Cc4ccccc4)CC=C[C@@]31O2. The van der Waals surface area contributed by atoms with E-state index in [1.165, 1.54) is 4.90 Å². The van der Waals surface area contributed by atoms with Gasteiger partial charge in [-0.1, -0.05) is 85.0 Å². The van der Waals surface area contributed by atoms with E-state index in [-0.39, 0.29) is 25.0 Å². The minimum absolute atomic E-state index is 0.254. The lowest BCUT2D eigenvalue weighted by Crippen LogP contribution is -2.59. The van der Waals surface area contributed by atoms with Gasteiger partial charge in [0.15, 0.2) is 0 Å². The summed E-state index contributed by atoms with van der Waals surface area (Å²) in [7, 11) is 0. The Morgan fingerprint density at radius 1 is 0.927 bits per heavy atom. The van der Waals surface area contributed by atoms with Crippen LogP contribution in [-0.2, 0) is 36.8 Å². The molecule has 0 bridgehead atoms. The summed E-state index contributed by atoms with van der Waals surface area (Å²) in [6, 6.07) is 17.5. The van der Waals surface area contributed by atoms with Crippen LogP contribution in [0, 0.1) is 11.8 Å². The van der Waals surface area contributed by atoms with Gasteiger partial charge >= 0.3 is 5.97 Å². The predicted molar refractivity (Wildman–Crippen MR) is 151 cm³/mol. The molecule has 2 amide bonds. The molecule has 1 unspecified atom stereocenters. The van der Waals surface area contributed by atoms with Crippen LogP contribution in [0.2, 0.25) is 0 Å². The number of carbonyl (C=O) groups is 3. The number of ether oxygens (including phenoxy) is 2. The monoisotopic (exact) mass is 556 g/mol. The molecule has 4 aliphatic heterocycles. The van der Waals surface area contributed by atoms with Crippen molar-refractivity contribution in [3.63, 3.8) is 0 Å². The van der Waals surface area contributed by atoms with Crippen molar-refractivity contribution in [3.05, 3.63) is 96.1 Å². The lowest BCUT2D eigenvalue weighted by atomic mass is 9.74. The van der Waals surface area contributed by atoms with Gasteiger partial charge in [-0.2, -0.15) is 0 Å². The first-order valence-electron chi connectivity index (χ1n) is 14.4. The standard InChI is InChI=1S/C33H36N2O6/c1-32-16-9-4-10-19-40-31(39)27(32)26-29(37)35(25(22-36)20-23-12-5-2-6-13-23)28-30(38)34(18-11-17-33(26,28)41-32)21-24-14-7-3-8-15-24/h2-3,5-9,11-17,25-28,36H,4,10,18-22H2,1H3/b16-9-/t25-,26+,27-,28?,32+,33+/m1/s1. The summed E-state index contributed by atoms with van der Waals surface area (Å²) in [5.41, 5.74) is -0.645. The summed E-state index contributed by atoms with van der Waals surface area (Å²) in [6.45, 7) is 2.40. The Kier molecular flexibility index (Phi) is 7.30. The molecule has 1 N–H and O–H groups in total. The molecule has 6 rings (SSSR count). The maximum atomic E-state index is 14.6. The van der Waals surface area contributed by atoms with Crippen LogP contribution in [0.15, 0.2) is 85.0 Å². The Hall–Kier alpha value is -3.75. The smallest absolute Gasteiger partial charge is 0.313 e. The predicted octanol–water partition coefficient (Wildman–Crippen LogP) is 3.05. The number of aliphatic hydroxyl groups excluding tert-OH is 1. The number of nitrogens with zero attached hydrogens (tertiary/aromatic N) is 2. The van der Waals surface area contributed by atoms with Gasteiger partial charge in [-0.05, 0) is 37.3 Å². The number of carbonyl (C=O) groups excluding carboxylic acids is 3. The van der Waals surface area contributed by atoms with Crippen molar-refractivity contribution in [1.82, 2.24) is 9.80 Å². The molecule has 41 heavy (non-hydrogen) atoms. The number of hydrogen-bond acceptors (Lipinski definition) is 6. The Morgan fingerprint density at radius 2 is 1.63 bits per heavy atom. The van der Waals surface area contributed by atoms with Gasteiger partial charge in [0.2, 0.25) is 11.8 Å². The van der Waals surface area contributed by atoms with Crippen LogP contribution in [0.5, 0.6) is 0 Å². The van der Waals surface area contributed by atoms with Gasteiger partial charge in [-0.15, -0.1) is 0 Å². The molecule has 0 radical (unpaired) electrons. The summed E-state index contributed by atoms with van der Waals surface area (Å²) < 4.78 is 12.5. The average molecular weight is 557 g/mol. The van der Waals surface area contributed by atoms with E-state index >= 15 is 0 Å². The summed E-state index contributed by atoms with van der Waals surface area (Å²) in [5.74, 6) is -3.05. The molecule has 2 aromatic rings. The zero-order chi connectivity index (χ0) is 28.6.